The van der Waals surface area contributed by atoms with Gasteiger partial charge in [-0.25, -0.2) is 4.79 Å². The van der Waals surface area contributed by atoms with E-state index in [1.165, 1.54) is 0 Å². The molecule has 23 heavy (non-hydrogen) atoms. The summed E-state index contributed by atoms with van der Waals surface area (Å²) in [6.45, 7) is 2.78. The van der Waals surface area contributed by atoms with Gasteiger partial charge >= 0.3 is 5.97 Å². The number of rotatable bonds is 5. The lowest BCUT2D eigenvalue weighted by Crippen LogP contribution is -2.05. The van der Waals surface area contributed by atoms with Crippen LogP contribution in [0.5, 0.6) is 5.75 Å². The van der Waals surface area contributed by atoms with Gasteiger partial charge in [-0.2, -0.15) is 0 Å². The zero-order valence-corrected chi connectivity index (χ0v) is 13.0. The van der Waals surface area contributed by atoms with Crippen LogP contribution in [0.2, 0.25) is 0 Å². The first kappa shape index (κ1) is 15.1. The quantitative estimate of drug-likeness (QED) is 0.646. The molecule has 0 saturated carbocycles. The zero-order chi connectivity index (χ0) is 16.1. The van der Waals surface area contributed by atoms with E-state index < -0.39 is 0 Å². The second-order valence-electron chi connectivity index (χ2n) is 5.22. The van der Waals surface area contributed by atoms with Crippen LogP contribution >= 0.6 is 0 Å². The molecule has 116 valence electrons. The molecule has 0 aromatic heterocycles. The Hall–Kier alpha value is -2.81. The maximum absolute atomic E-state index is 12.2. The molecule has 3 nitrogen and oxygen atoms in total. The van der Waals surface area contributed by atoms with Crippen LogP contribution in [0.4, 0.5) is 0 Å². The van der Waals surface area contributed by atoms with Crippen LogP contribution in [0.3, 0.4) is 0 Å². The van der Waals surface area contributed by atoms with Crippen molar-refractivity contribution < 1.29 is 14.3 Å². The summed E-state index contributed by atoms with van der Waals surface area (Å²) in [5.41, 5.74) is 1.47. The van der Waals surface area contributed by atoms with Crippen molar-refractivity contribution in [3.05, 3.63) is 77.9 Å². The SMILES string of the molecule is CCOc1cccc(COC(=O)c2ccc3ccccc3c2)c1. The minimum atomic E-state index is -0.322. The van der Waals surface area contributed by atoms with Crippen molar-refractivity contribution in [2.75, 3.05) is 6.61 Å². The zero-order valence-electron chi connectivity index (χ0n) is 13.0. The standard InChI is InChI=1S/C20H18O3/c1-2-22-19-9-5-6-15(12-19)14-23-20(21)18-11-10-16-7-3-4-8-17(16)13-18/h3-13H,2,14H2,1H3. The van der Waals surface area contributed by atoms with E-state index in [9.17, 15) is 4.79 Å². The summed E-state index contributed by atoms with van der Waals surface area (Å²) < 4.78 is 10.8. The molecule has 0 aliphatic rings. The molecule has 0 N–H and O–H groups in total. The molecule has 3 aromatic carbocycles. The third kappa shape index (κ3) is 3.69. The van der Waals surface area contributed by atoms with E-state index in [-0.39, 0.29) is 12.6 Å². The van der Waals surface area contributed by atoms with Crippen LogP contribution in [-0.2, 0) is 11.3 Å². The Morgan fingerprint density at radius 2 is 1.74 bits per heavy atom. The van der Waals surface area contributed by atoms with E-state index in [0.717, 1.165) is 22.1 Å². The number of esters is 1. The summed E-state index contributed by atoms with van der Waals surface area (Å²) in [5, 5.41) is 2.13. The Balaban J connectivity index is 1.69. The molecule has 0 bridgehead atoms. The van der Waals surface area contributed by atoms with Crippen LogP contribution < -0.4 is 4.74 Å². The number of carbonyl (C=O) groups excluding carboxylic acids is 1. The van der Waals surface area contributed by atoms with Crippen molar-refractivity contribution in [1.29, 1.82) is 0 Å². The third-order valence-corrected chi connectivity index (χ3v) is 3.56. The van der Waals surface area contributed by atoms with Crippen LogP contribution in [0.25, 0.3) is 10.8 Å². The highest BCUT2D eigenvalue weighted by Crippen LogP contribution is 2.18. The summed E-state index contributed by atoms with van der Waals surface area (Å²) >= 11 is 0. The highest BCUT2D eigenvalue weighted by atomic mass is 16.5. The normalized spacial score (nSPS) is 10.5. The van der Waals surface area contributed by atoms with E-state index in [1.807, 2.05) is 67.6 Å². The van der Waals surface area contributed by atoms with Crippen LogP contribution in [-0.4, -0.2) is 12.6 Å². The summed E-state index contributed by atoms with van der Waals surface area (Å²) in [6, 6.07) is 21.1. The molecular formula is C20H18O3. The van der Waals surface area contributed by atoms with Gasteiger partial charge in [-0.05, 0) is 47.5 Å². The van der Waals surface area contributed by atoms with Crippen molar-refractivity contribution >= 4 is 16.7 Å². The van der Waals surface area contributed by atoms with Gasteiger partial charge in [0.25, 0.3) is 0 Å². The Bertz CT molecular complexity index is 824. The summed E-state index contributed by atoms with van der Waals surface area (Å²) in [6.07, 6.45) is 0. The number of fused-ring (bicyclic) bond motifs is 1. The number of hydrogen-bond donors (Lipinski definition) is 0. The summed E-state index contributed by atoms with van der Waals surface area (Å²) in [4.78, 5) is 12.2. The van der Waals surface area contributed by atoms with E-state index in [4.69, 9.17) is 9.47 Å². The molecule has 0 heterocycles. The molecule has 3 aromatic rings. The van der Waals surface area contributed by atoms with Gasteiger partial charge in [-0.1, -0.05) is 42.5 Å². The maximum atomic E-state index is 12.2. The topological polar surface area (TPSA) is 35.5 Å². The largest absolute Gasteiger partial charge is 0.494 e. The molecule has 0 atom stereocenters. The first-order valence-corrected chi connectivity index (χ1v) is 7.64. The Labute approximate surface area is 135 Å². The van der Waals surface area contributed by atoms with Gasteiger partial charge in [0.15, 0.2) is 0 Å². The van der Waals surface area contributed by atoms with Gasteiger partial charge < -0.3 is 9.47 Å². The van der Waals surface area contributed by atoms with E-state index >= 15 is 0 Å². The Kier molecular flexibility index (Phi) is 4.57. The molecular weight excluding hydrogens is 288 g/mol. The number of hydrogen-bond acceptors (Lipinski definition) is 3. The maximum Gasteiger partial charge on any atom is 0.338 e. The van der Waals surface area contributed by atoms with Gasteiger partial charge in [-0.3, -0.25) is 0 Å². The predicted molar refractivity (Wildman–Crippen MR) is 90.7 cm³/mol. The number of benzene rings is 3. The third-order valence-electron chi connectivity index (χ3n) is 3.56. The molecule has 0 saturated heterocycles. The minimum Gasteiger partial charge on any atom is -0.494 e. The fourth-order valence-electron chi connectivity index (χ4n) is 2.44. The molecule has 3 rings (SSSR count). The fraction of sp³-hybridized carbons (Fsp3) is 0.150. The molecule has 0 amide bonds. The van der Waals surface area contributed by atoms with Crippen LogP contribution in [0, 0.1) is 0 Å². The van der Waals surface area contributed by atoms with E-state index in [1.54, 1.807) is 6.07 Å². The highest BCUT2D eigenvalue weighted by Gasteiger charge is 2.08. The molecule has 0 radical (unpaired) electrons. The first-order chi connectivity index (χ1) is 11.3. The molecule has 0 unspecified atom stereocenters. The van der Waals surface area contributed by atoms with Crippen molar-refractivity contribution in [2.45, 2.75) is 13.5 Å². The van der Waals surface area contributed by atoms with Gasteiger partial charge in [0.1, 0.15) is 12.4 Å². The van der Waals surface area contributed by atoms with Crippen molar-refractivity contribution in [2.24, 2.45) is 0 Å². The smallest absolute Gasteiger partial charge is 0.338 e. The van der Waals surface area contributed by atoms with Crippen molar-refractivity contribution in [3.63, 3.8) is 0 Å². The number of carbonyl (C=O) groups is 1. The fourth-order valence-corrected chi connectivity index (χ4v) is 2.44. The predicted octanol–water partition coefficient (Wildman–Crippen LogP) is 4.60. The lowest BCUT2D eigenvalue weighted by molar-refractivity contribution is 0.0472. The van der Waals surface area contributed by atoms with Gasteiger partial charge in [0.05, 0.1) is 12.2 Å². The lowest BCUT2D eigenvalue weighted by atomic mass is 10.1. The molecule has 0 spiro atoms. The molecule has 0 aliphatic carbocycles. The first-order valence-electron chi connectivity index (χ1n) is 7.64. The van der Waals surface area contributed by atoms with E-state index in [0.29, 0.717) is 12.2 Å². The average Bonchev–Trinajstić information content (AvgIpc) is 2.60. The Morgan fingerprint density at radius 1 is 0.913 bits per heavy atom. The van der Waals surface area contributed by atoms with Crippen LogP contribution in [0.1, 0.15) is 22.8 Å². The van der Waals surface area contributed by atoms with Crippen molar-refractivity contribution in [1.82, 2.24) is 0 Å². The second kappa shape index (κ2) is 6.97. The van der Waals surface area contributed by atoms with Gasteiger partial charge in [-0.15, -0.1) is 0 Å². The average molecular weight is 306 g/mol. The summed E-state index contributed by atoms with van der Waals surface area (Å²) in [5.74, 6) is 0.462. The van der Waals surface area contributed by atoms with Gasteiger partial charge in [0.2, 0.25) is 0 Å². The lowest BCUT2D eigenvalue weighted by Gasteiger charge is -2.08. The Morgan fingerprint density at radius 3 is 2.57 bits per heavy atom. The van der Waals surface area contributed by atoms with Crippen molar-refractivity contribution in [3.8, 4) is 5.75 Å². The highest BCUT2D eigenvalue weighted by molar-refractivity contribution is 5.95. The minimum absolute atomic E-state index is 0.229. The summed E-state index contributed by atoms with van der Waals surface area (Å²) in [7, 11) is 0. The van der Waals surface area contributed by atoms with Gasteiger partial charge in [0, 0.05) is 0 Å². The van der Waals surface area contributed by atoms with Crippen LogP contribution in [0.15, 0.2) is 66.7 Å². The molecule has 0 aliphatic heterocycles. The number of ether oxygens (including phenoxy) is 2. The molecule has 0 fully saturated rings. The van der Waals surface area contributed by atoms with E-state index in [2.05, 4.69) is 0 Å². The monoisotopic (exact) mass is 306 g/mol. The second-order valence-corrected chi connectivity index (χ2v) is 5.22. The molecule has 3 heteroatoms.